The fourth-order valence-corrected chi connectivity index (χ4v) is 1.33. The number of amides is 1. The molecule has 2 N–H and O–H groups in total. The van der Waals surface area contributed by atoms with Crippen LogP contribution in [0.15, 0.2) is 60.6 Å². The average molecular weight is 336 g/mol. The molecule has 0 radical (unpaired) electrons. The first kappa shape index (κ1) is 16.2. The van der Waals surface area contributed by atoms with E-state index in [0.717, 1.165) is 0 Å². The van der Waals surface area contributed by atoms with Gasteiger partial charge < -0.3 is 10.9 Å². The van der Waals surface area contributed by atoms with Crippen molar-refractivity contribution in [2.75, 3.05) is 0 Å². The second kappa shape index (κ2) is 9.08. The molecular weight excluding hydrogens is 325 g/mol. The van der Waals surface area contributed by atoms with Crippen LogP contribution < -0.4 is 5.43 Å². The maximum atomic E-state index is 11.4. The van der Waals surface area contributed by atoms with E-state index in [2.05, 4.69) is 40.8 Å². The van der Waals surface area contributed by atoms with Gasteiger partial charge >= 0.3 is 25.0 Å². The summed E-state index contributed by atoms with van der Waals surface area (Å²) in [6.45, 7) is 0. The summed E-state index contributed by atoms with van der Waals surface area (Å²) in [5, 5.41) is 0. The minimum absolute atomic E-state index is 0.108. The van der Waals surface area contributed by atoms with Gasteiger partial charge in [-0.2, -0.15) is 0 Å². The molecule has 105 valence electrons. The minimum atomic E-state index is -0.169. The third-order valence-corrected chi connectivity index (χ3v) is 2.25. The molecule has 0 saturated carbocycles. The topological polar surface area (TPSA) is 77.5 Å². The number of aromatic nitrogens is 1. The van der Waals surface area contributed by atoms with Gasteiger partial charge in [-0.1, -0.05) is 12.2 Å². The van der Waals surface area contributed by atoms with Gasteiger partial charge in [-0.25, -0.2) is 0 Å². The molecular formula is C13H11ClCoN3O2+. The van der Waals surface area contributed by atoms with E-state index >= 15 is 0 Å². The van der Waals surface area contributed by atoms with E-state index < -0.39 is 0 Å². The van der Waals surface area contributed by atoms with Crippen molar-refractivity contribution in [2.24, 2.45) is 0 Å². The molecule has 1 amide bonds. The zero-order valence-electron chi connectivity index (χ0n) is 10.2. The van der Waals surface area contributed by atoms with E-state index in [9.17, 15) is 9.59 Å². The van der Waals surface area contributed by atoms with Gasteiger partial charge in [0.25, 0.3) is 5.91 Å². The van der Waals surface area contributed by atoms with Crippen LogP contribution in [0, 0.1) is 0 Å². The summed E-state index contributed by atoms with van der Waals surface area (Å²) in [6.07, 6.45) is 11.1. The molecule has 0 bridgehead atoms. The summed E-state index contributed by atoms with van der Waals surface area (Å²) in [7, 11) is 4.33. The van der Waals surface area contributed by atoms with E-state index in [1.807, 2.05) is 0 Å². The van der Waals surface area contributed by atoms with Crippen LogP contribution in [0.1, 0.15) is 5.56 Å². The predicted octanol–water partition coefficient (Wildman–Crippen LogP) is 2.08. The van der Waals surface area contributed by atoms with Crippen LogP contribution in [0.3, 0.4) is 0 Å². The Labute approximate surface area is 128 Å². The number of carbonyl (C=O) groups is 1. The van der Waals surface area contributed by atoms with Crippen molar-refractivity contribution in [1.29, 1.82) is 0 Å². The van der Waals surface area contributed by atoms with Crippen LogP contribution in [0.4, 0.5) is 0 Å². The van der Waals surface area contributed by atoms with Crippen LogP contribution in [-0.4, -0.2) is 21.5 Å². The third kappa shape index (κ3) is 5.00. The van der Waals surface area contributed by atoms with Gasteiger partial charge in [0.15, 0.2) is 5.78 Å². The van der Waals surface area contributed by atoms with Crippen molar-refractivity contribution in [1.82, 2.24) is 10.4 Å². The standard InChI is InChI=1S/C13H11N3O2.ClH.Co/c17-12-4-2-1-3-11(12)9-15-16-13(18)10-5-7-14-8-6-10;;/h1-9H,(H2,14,15,16,17,18);1H;/q;;+2/p-1. The van der Waals surface area contributed by atoms with Crippen LogP contribution in [0.25, 0.3) is 5.43 Å². The van der Waals surface area contributed by atoms with Gasteiger partial charge in [0.2, 0.25) is 0 Å². The molecule has 0 aliphatic heterocycles. The number of rotatable bonds is 3. The van der Waals surface area contributed by atoms with E-state index in [-0.39, 0.29) is 11.7 Å². The number of carbonyl (C=O) groups excluding carboxylic acids is 2. The van der Waals surface area contributed by atoms with Gasteiger partial charge in [0, 0.05) is 18.0 Å². The molecule has 20 heavy (non-hydrogen) atoms. The Morgan fingerprint density at radius 2 is 1.95 bits per heavy atom. The molecule has 1 aromatic heterocycles. The summed E-state index contributed by atoms with van der Waals surface area (Å²) in [5.41, 5.74) is 7.28. The Bertz CT molecular complexity index is 556. The molecule has 0 aromatic carbocycles. The van der Waals surface area contributed by atoms with Gasteiger partial charge in [-0.05, 0) is 30.5 Å². The number of halogens is 1. The second-order valence-electron chi connectivity index (χ2n) is 3.48. The molecule has 0 fully saturated rings. The fourth-order valence-electron chi connectivity index (χ4n) is 1.33. The van der Waals surface area contributed by atoms with Crippen molar-refractivity contribution in [3.8, 4) is 0 Å². The molecule has 5 nitrogen and oxygen atoms in total. The first-order valence-electron chi connectivity index (χ1n) is 5.42. The Balaban J connectivity index is 0.000000956. The van der Waals surface area contributed by atoms with E-state index in [1.165, 1.54) is 12.3 Å². The number of ketones is 1. The fraction of sp³-hybridized carbons (Fsp3) is 0. The Morgan fingerprint density at radius 1 is 1.30 bits per heavy atom. The van der Waals surface area contributed by atoms with Crippen LogP contribution in [-0.2, 0) is 19.6 Å². The molecule has 0 atom stereocenters. The molecule has 1 heterocycles. The molecule has 0 saturated heterocycles. The number of hydrogen-bond acceptors (Lipinski definition) is 3. The van der Waals surface area contributed by atoms with Gasteiger partial charge in [-0.15, -0.1) is 0 Å². The number of pyridine rings is 1. The van der Waals surface area contributed by atoms with E-state index in [1.54, 1.807) is 42.8 Å². The molecule has 1 aliphatic carbocycles. The molecule has 7 heteroatoms. The van der Waals surface area contributed by atoms with E-state index in [0.29, 0.717) is 11.1 Å². The summed E-state index contributed by atoms with van der Waals surface area (Å²) in [5.74, 6) is -0.277. The molecule has 1 aliphatic rings. The Hall–Kier alpha value is -1.89. The normalized spacial score (nSPS) is 14.5. The Morgan fingerprint density at radius 3 is 2.60 bits per heavy atom. The first-order chi connectivity index (χ1) is 9.77. The molecule has 0 unspecified atom stereocenters. The SMILES string of the molecule is O=C1C=CC=CC1=CN[N-]C(=[OH+])c1ccncc1.[Cl][Co+]. The van der Waals surface area contributed by atoms with E-state index in [4.69, 9.17) is 0 Å². The van der Waals surface area contributed by atoms with Crippen molar-refractivity contribution in [2.45, 2.75) is 0 Å². The van der Waals surface area contributed by atoms with Crippen molar-refractivity contribution in [3.63, 3.8) is 0 Å². The van der Waals surface area contributed by atoms with Gasteiger partial charge in [-0.3, -0.25) is 14.6 Å². The summed E-state index contributed by atoms with van der Waals surface area (Å²) >= 11 is 3.03. The number of nitrogens with zero attached hydrogens (tertiary/aromatic N) is 2. The zero-order chi connectivity index (χ0) is 14.8. The monoisotopic (exact) mass is 335 g/mol. The van der Waals surface area contributed by atoms with Gasteiger partial charge in [0.1, 0.15) is 0 Å². The number of nitrogens with one attached hydrogen (secondary N) is 1. The summed E-state index contributed by atoms with van der Waals surface area (Å²) in [6, 6.07) is 3.25. The molecule has 2 rings (SSSR count). The Kier molecular flexibility index (Phi) is 7.34. The first-order valence-corrected chi connectivity index (χ1v) is 6.85. The van der Waals surface area contributed by atoms with Crippen molar-refractivity contribution < 1.29 is 24.4 Å². The van der Waals surface area contributed by atoms with Crippen LogP contribution in [0.2, 0.25) is 0 Å². The quantitative estimate of drug-likeness (QED) is 0.522. The molecule has 0 spiro atoms. The predicted molar refractivity (Wildman–Crippen MR) is 74.0 cm³/mol. The zero-order valence-corrected chi connectivity index (χ0v) is 12.0. The molecule has 1 aromatic rings. The summed E-state index contributed by atoms with van der Waals surface area (Å²) < 4.78 is 0. The van der Waals surface area contributed by atoms with Crippen LogP contribution >= 0.6 is 10.1 Å². The van der Waals surface area contributed by atoms with Gasteiger partial charge in [0.05, 0.1) is 5.56 Å². The third-order valence-electron chi connectivity index (χ3n) is 2.25. The van der Waals surface area contributed by atoms with Crippen molar-refractivity contribution in [3.05, 3.63) is 71.6 Å². The number of allylic oxidation sites excluding steroid dienone is 5. The van der Waals surface area contributed by atoms with Crippen molar-refractivity contribution >= 4 is 21.8 Å². The second-order valence-corrected chi connectivity index (χ2v) is 3.48. The summed E-state index contributed by atoms with van der Waals surface area (Å²) in [4.78, 5) is 24.8. The van der Waals surface area contributed by atoms with Crippen LogP contribution in [0.5, 0.6) is 0 Å². The maximum absolute atomic E-state index is 11.4. The number of hydrogen-bond donors (Lipinski definition) is 1. The average Bonchev–Trinajstić information content (AvgIpc) is 2.52.